The van der Waals surface area contributed by atoms with E-state index in [1.54, 1.807) is 6.20 Å². The van der Waals surface area contributed by atoms with E-state index in [0.29, 0.717) is 0 Å². The first kappa shape index (κ1) is 11.2. The molecule has 18 heavy (non-hydrogen) atoms. The standard InChI is InChI=1S/C15H16N2O/c16-14(13-8-1-2-10-18-13)12-7-3-5-11-6-4-9-17-15(11)12/h3-9,14H,1-2,10,16H2. The summed E-state index contributed by atoms with van der Waals surface area (Å²) in [6.07, 6.45) is 6.01. The van der Waals surface area contributed by atoms with Gasteiger partial charge in [0.1, 0.15) is 5.76 Å². The molecule has 0 amide bonds. The van der Waals surface area contributed by atoms with Gasteiger partial charge in [-0.15, -0.1) is 0 Å². The molecule has 1 aliphatic rings. The van der Waals surface area contributed by atoms with Gasteiger partial charge >= 0.3 is 0 Å². The molecule has 2 heterocycles. The number of allylic oxidation sites excluding steroid dienone is 1. The summed E-state index contributed by atoms with van der Waals surface area (Å²) in [6, 6.07) is 9.86. The van der Waals surface area contributed by atoms with Crippen molar-refractivity contribution < 1.29 is 4.74 Å². The number of hydrogen-bond donors (Lipinski definition) is 1. The van der Waals surface area contributed by atoms with Gasteiger partial charge in [-0.1, -0.05) is 24.3 Å². The lowest BCUT2D eigenvalue weighted by Crippen LogP contribution is -2.18. The van der Waals surface area contributed by atoms with Crippen molar-refractivity contribution >= 4 is 10.9 Å². The molecule has 0 radical (unpaired) electrons. The van der Waals surface area contributed by atoms with E-state index in [0.717, 1.165) is 41.7 Å². The molecule has 3 heteroatoms. The zero-order chi connectivity index (χ0) is 12.4. The Morgan fingerprint density at radius 2 is 2.11 bits per heavy atom. The van der Waals surface area contributed by atoms with Gasteiger partial charge in [0.05, 0.1) is 18.2 Å². The molecule has 0 bridgehead atoms. The molecule has 0 saturated carbocycles. The number of pyridine rings is 1. The van der Waals surface area contributed by atoms with E-state index in [1.165, 1.54) is 0 Å². The van der Waals surface area contributed by atoms with E-state index in [1.807, 2.05) is 18.2 Å². The first-order chi connectivity index (χ1) is 8.86. The summed E-state index contributed by atoms with van der Waals surface area (Å²) in [5.41, 5.74) is 8.29. The number of benzene rings is 1. The molecular formula is C15H16N2O. The number of nitrogens with two attached hydrogens (primary N) is 1. The monoisotopic (exact) mass is 240 g/mol. The highest BCUT2D eigenvalue weighted by molar-refractivity contribution is 5.82. The normalized spacial score (nSPS) is 17.1. The number of rotatable bonds is 2. The molecule has 1 atom stereocenters. The summed E-state index contributed by atoms with van der Waals surface area (Å²) in [7, 11) is 0. The van der Waals surface area contributed by atoms with Crippen molar-refractivity contribution in [1.82, 2.24) is 4.98 Å². The maximum absolute atomic E-state index is 6.30. The number of aromatic nitrogens is 1. The number of fused-ring (bicyclic) bond motifs is 1. The average molecular weight is 240 g/mol. The average Bonchev–Trinajstić information content (AvgIpc) is 2.47. The molecule has 2 aromatic rings. The largest absolute Gasteiger partial charge is 0.496 e. The fraction of sp³-hybridized carbons (Fsp3) is 0.267. The number of nitrogens with zero attached hydrogens (tertiary/aromatic N) is 1. The fourth-order valence-electron chi connectivity index (χ4n) is 2.33. The first-order valence-electron chi connectivity index (χ1n) is 6.28. The maximum Gasteiger partial charge on any atom is 0.113 e. The molecule has 3 rings (SSSR count). The van der Waals surface area contributed by atoms with Gasteiger partial charge in [-0.3, -0.25) is 4.98 Å². The number of hydrogen-bond acceptors (Lipinski definition) is 3. The van der Waals surface area contributed by atoms with Gasteiger partial charge in [-0.2, -0.15) is 0 Å². The Balaban J connectivity index is 2.05. The van der Waals surface area contributed by atoms with E-state index in [4.69, 9.17) is 10.5 Å². The number of ether oxygens (including phenoxy) is 1. The quantitative estimate of drug-likeness (QED) is 0.878. The van der Waals surface area contributed by atoms with E-state index < -0.39 is 0 Å². The van der Waals surface area contributed by atoms with Gasteiger partial charge in [0.25, 0.3) is 0 Å². The molecule has 1 aliphatic heterocycles. The van der Waals surface area contributed by atoms with E-state index in [9.17, 15) is 0 Å². The van der Waals surface area contributed by atoms with Gasteiger partial charge in [-0.05, 0) is 25.0 Å². The lowest BCUT2D eigenvalue weighted by Gasteiger charge is -2.21. The molecular weight excluding hydrogens is 224 g/mol. The molecule has 0 fully saturated rings. The van der Waals surface area contributed by atoms with Crippen LogP contribution in [-0.4, -0.2) is 11.6 Å². The van der Waals surface area contributed by atoms with Crippen molar-refractivity contribution in [3.8, 4) is 0 Å². The maximum atomic E-state index is 6.30. The smallest absolute Gasteiger partial charge is 0.113 e. The highest BCUT2D eigenvalue weighted by Gasteiger charge is 2.18. The minimum atomic E-state index is -0.219. The van der Waals surface area contributed by atoms with Gasteiger partial charge < -0.3 is 10.5 Å². The van der Waals surface area contributed by atoms with E-state index in [2.05, 4.69) is 23.2 Å². The third kappa shape index (κ3) is 1.97. The van der Waals surface area contributed by atoms with Crippen LogP contribution >= 0.6 is 0 Å². The molecule has 92 valence electrons. The minimum Gasteiger partial charge on any atom is -0.496 e. The second kappa shape index (κ2) is 4.78. The van der Waals surface area contributed by atoms with Crippen LogP contribution in [0.25, 0.3) is 10.9 Å². The molecule has 3 nitrogen and oxygen atoms in total. The van der Waals surface area contributed by atoms with Crippen LogP contribution in [0.2, 0.25) is 0 Å². The van der Waals surface area contributed by atoms with Crippen molar-refractivity contribution in [2.24, 2.45) is 5.73 Å². The van der Waals surface area contributed by atoms with E-state index in [-0.39, 0.29) is 6.04 Å². The third-order valence-electron chi connectivity index (χ3n) is 3.27. The van der Waals surface area contributed by atoms with Crippen LogP contribution in [0.1, 0.15) is 24.4 Å². The Bertz CT molecular complexity index is 587. The molecule has 2 N–H and O–H groups in total. The Morgan fingerprint density at radius 1 is 1.22 bits per heavy atom. The summed E-state index contributed by atoms with van der Waals surface area (Å²) in [6.45, 7) is 0.762. The van der Waals surface area contributed by atoms with Gasteiger partial charge in [0.15, 0.2) is 0 Å². The predicted octanol–water partition coefficient (Wildman–Crippen LogP) is 2.93. The van der Waals surface area contributed by atoms with Crippen molar-refractivity contribution in [2.75, 3.05) is 6.61 Å². The van der Waals surface area contributed by atoms with Gasteiger partial charge in [0.2, 0.25) is 0 Å². The van der Waals surface area contributed by atoms with Crippen molar-refractivity contribution in [3.63, 3.8) is 0 Å². The van der Waals surface area contributed by atoms with Crippen molar-refractivity contribution in [2.45, 2.75) is 18.9 Å². The summed E-state index contributed by atoms with van der Waals surface area (Å²) in [5, 5.41) is 1.11. The Kier molecular flexibility index (Phi) is 2.99. The highest BCUT2D eigenvalue weighted by atomic mass is 16.5. The molecule has 1 aromatic carbocycles. The van der Waals surface area contributed by atoms with Crippen LogP contribution in [0.5, 0.6) is 0 Å². The zero-order valence-electron chi connectivity index (χ0n) is 10.2. The fourth-order valence-corrected chi connectivity index (χ4v) is 2.33. The van der Waals surface area contributed by atoms with Crippen LogP contribution in [-0.2, 0) is 4.74 Å². The van der Waals surface area contributed by atoms with Gasteiger partial charge in [0, 0.05) is 17.1 Å². The van der Waals surface area contributed by atoms with Crippen molar-refractivity contribution in [1.29, 1.82) is 0 Å². The van der Waals surface area contributed by atoms with E-state index >= 15 is 0 Å². The summed E-state index contributed by atoms with van der Waals surface area (Å²) >= 11 is 0. The lowest BCUT2D eigenvalue weighted by molar-refractivity contribution is 0.176. The summed E-state index contributed by atoms with van der Waals surface area (Å²) < 4.78 is 5.65. The van der Waals surface area contributed by atoms with Crippen molar-refractivity contribution in [3.05, 3.63) is 53.9 Å². The summed E-state index contributed by atoms with van der Waals surface area (Å²) in [4.78, 5) is 4.43. The minimum absolute atomic E-state index is 0.219. The topological polar surface area (TPSA) is 48.1 Å². The molecule has 0 spiro atoms. The Hall–Kier alpha value is -1.87. The third-order valence-corrected chi connectivity index (χ3v) is 3.27. The van der Waals surface area contributed by atoms with Gasteiger partial charge in [-0.25, -0.2) is 0 Å². The van der Waals surface area contributed by atoms with Crippen LogP contribution in [0.3, 0.4) is 0 Å². The molecule has 1 unspecified atom stereocenters. The summed E-state index contributed by atoms with van der Waals surface area (Å²) in [5.74, 6) is 0.874. The predicted molar refractivity (Wildman–Crippen MR) is 71.9 cm³/mol. The Labute approximate surface area is 106 Å². The van der Waals surface area contributed by atoms with Crippen LogP contribution in [0, 0.1) is 0 Å². The second-order valence-electron chi connectivity index (χ2n) is 4.50. The Morgan fingerprint density at radius 3 is 2.94 bits per heavy atom. The SMILES string of the molecule is NC(C1=CCCCO1)c1cccc2cccnc12. The van der Waals surface area contributed by atoms with Crippen LogP contribution < -0.4 is 5.73 Å². The highest BCUT2D eigenvalue weighted by Crippen LogP contribution is 2.28. The molecule has 0 aliphatic carbocycles. The molecule has 0 saturated heterocycles. The second-order valence-corrected chi connectivity index (χ2v) is 4.50. The lowest BCUT2D eigenvalue weighted by atomic mass is 10.0. The first-order valence-corrected chi connectivity index (χ1v) is 6.28. The van der Waals surface area contributed by atoms with Crippen LogP contribution in [0.4, 0.5) is 0 Å². The molecule has 1 aromatic heterocycles. The zero-order valence-corrected chi connectivity index (χ0v) is 10.2. The number of para-hydroxylation sites is 1. The van der Waals surface area contributed by atoms with Crippen LogP contribution in [0.15, 0.2) is 48.4 Å².